The minimum absolute atomic E-state index is 0.00905. The van der Waals surface area contributed by atoms with Gasteiger partial charge in [0.15, 0.2) is 0 Å². The number of benzene rings is 1. The molecule has 0 spiro atoms. The minimum Gasteiger partial charge on any atom is -0.376 e. The molecule has 9 nitrogen and oxygen atoms in total. The summed E-state index contributed by atoms with van der Waals surface area (Å²) in [6.07, 6.45) is 7.43. The largest absolute Gasteiger partial charge is 0.376 e. The fourth-order valence-corrected chi connectivity index (χ4v) is 4.52. The lowest BCUT2D eigenvalue weighted by atomic mass is 10.1. The van der Waals surface area contributed by atoms with E-state index in [4.69, 9.17) is 4.74 Å². The fraction of sp³-hybridized carbons (Fsp3) is 0.333. The number of carbonyl (C=O) groups excluding carboxylic acids is 2. The predicted molar refractivity (Wildman–Crippen MR) is 138 cm³/mol. The second-order valence-corrected chi connectivity index (χ2v) is 9.28. The molecule has 1 N–H and O–H groups in total. The number of ether oxygens (including phenoxy) is 1. The van der Waals surface area contributed by atoms with Crippen molar-refractivity contribution in [3.8, 4) is 11.1 Å². The molecule has 0 aliphatic carbocycles. The number of pyridine rings is 2. The molecule has 0 radical (unpaired) electrons. The van der Waals surface area contributed by atoms with E-state index in [2.05, 4.69) is 15.3 Å². The SMILES string of the molecule is CN(C)C(=O)c1ccc(-c2ccc(Nc3cncc(N4CCN(C[C@@H]5CCCO5)C4=O)c3)nc2)cc1. The van der Waals surface area contributed by atoms with E-state index in [1.165, 1.54) is 0 Å². The van der Waals surface area contributed by atoms with E-state index >= 15 is 0 Å². The smallest absolute Gasteiger partial charge is 0.324 e. The Kier molecular flexibility index (Phi) is 6.81. The van der Waals surface area contributed by atoms with Gasteiger partial charge in [-0.15, -0.1) is 0 Å². The van der Waals surface area contributed by atoms with Crippen LogP contribution < -0.4 is 10.2 Å². The van der Waals surface area contributed by atoms with Crippen molar-refractivity contribution in [3.63, 3.8) is 0 Å². The van der Waals surface area contributed by atoms with Crippen LogP contribution in [0.1, 0.15) is 23.2 Å². The van der Waals surface area contributed by atoms with Crippen molar-refractivity contribution >= 4 is 29.1 Å². The Morgan fingerprint density at radius 1 is 1.08 bits per heavy atom. The minimum atomic E-state index is -0.0266. The number of hydrogen-bond donors (Lipinski definition) is 1. The molecular formula is C27H30N6O3. The quantitative estimate of drug-likeness (QED) is 0.543. The number of carbonyl (C=O) groups is 2. The van der Waals surface area contributed by atoms with Gasteiger partial charge in [-0.2, -0.15) is 0 Å². The van der Waals surface area contributed by atoms with Gasteiger partial charge < -0.3 is 19.9 Å². The Hall–Kier alpha value is -3.98. The molecular weight excluding hydrogens is 456 g/mol. The molecule has 1 aromatic carbocycles. The van der Waals surface area contributed by atoms with E-state index in [1.807, 2.05) is 47.4 Å². The molecule has 0 bridgehead atoms. The van der Waals surface area contributed by atoms with Gasteiger partial charge >= 0.3 is 6.03 Å². The lowest BCUT2D eigenvalue weighted by Gasteiger charge is -2.21. The van der Waals surface area contributed by atoms with Gasteiger partial charge in [0.1, 0.15) is 5.82 Å². The van der Waals surface area contributed by atoms with Crippen molar-refractivity contribution < 1.29 is 14.3 Å². The number of nitrogens with one attached hydrogen (secondary N) is 1. The molecule has 186 valence electrons. The number of urea groups is 1. The number of hydrogen-bond acceptors (Lipinski definition) is 6. The van der Waals surface area contributed by atoms with Gasteiger partial charge in [0.2, 0.25) is 0 Å². The van der Waals surface area contributed by atoms with E-state index in [0.29, 0.717) is 31.0 Å². The van der Waals surface area contributed by atoms with Crippen LogP contribution in [0.25, 0.3) is 11.1 Å². The van der Waals surface area contributed by atoms with E-state index < -0.39 is 0 Å². The number of amides is 3. The Bertz CT molecular complexity index is 1220. The number of rotatable bonds is 7. The third kappa shape index (κ3) is 5.16. The summed E-state index contributed by atoms with van der Waals surface area (Å²) in [7, 11) is 3.48. The van der Waals surface area contributed by atoms with Crippen LogP contribution in [0.15, 0.2) is 61.1 Å². The third-order valence-electron chi connectivity index (χ3n) is 6.49. The first-order chi connectivity index (χ1) is 17.5. The summed E-state index contributed by atoms with van der Waals surface area (Å²) in [6.45, 7) is 2.74. The van der Waals surface area contributed by atoms with Crippen LogP contribution in [0.3, 0.4) is 0 Å². The van der Waals surface area contributed by atoms with Crippen molar-refractivity contribution in [2.45, 2.75) is 18.9 Å². The highest BCUT2D eigenvalue weighted by molar-refractivity contribution is 5.95. The van der Waals surface area contributed by atoms with Crippen molar-refractivity contribution in [1.82, 2.24) is 19.8 Å². The zero-order chi connectivity index (χ0) is 25.1. The molecule has 9 heteroatoms. The summed E-state index contributed by atoms with van der Waals surface area (Å²) >= 11 is 0. The summed E-state index contributed by atoms with van der Waals surface area (Å²) in [4.78, 5) is 39.1. The highest BCUT2D eigenvalue weighted by Gasteiger charge is 2.32. The lowest BCUT2D eigenvalue weighted by molar-refractivity contribution is 0.0827. The zero-order valence-electron chi connectivity index (χ0n) is 20.6. The second kappa shape index (κ2) is 10.3. The van der Waals surface area contributed by atoms with Crippen LogP contribution in [0, 0.1) is 0 Å². The summed E-state index contributed by atoms with van der Waals surface area (Å²) in [5, 5.41) is 3.27. The molecule has 0 unspecified atom stereocenters. The zero-order valence-corrected chi connectivity index (χ0v) is 20.6. The number of anilines is 3. The van der Waals surface area contributed by atoms with Gasteiger partial charge in [-0.3, -0.25) is 14.7 Å². The normalized spacial score (nSPS) is 17.5. The number of aromatic nitrogens is 2. The molecule has 3 amide bonds. The van der Waals surface area contributed by atoms with Crippen molar-refractivity contribution in [3.05, 3.63) is 66.6 Å². The molecule has 0 saturated carbocycles. The molecule has 1 atom stereocenters. The molecule has 2 aliphatic rings. The summed E-state index contributed by atoms with van der Waals surface area (Å²) < 4.78 is 5.69. The molecule has 36 heavy (non-hydrogen) atoms. The third-order valence-corrected chi connectivity index (χ3v) is 6.49. The van der Waals surface area contributed by atoms with Crippen LogP contribution in [-0.4, -0.2) is 78.1 Å². The number of nitrogens with zero attached hydrogens (tertiary/aromatic N) is 5. The second-order valence-electron chi connectivity index (χ2n) is 9.28. The lowest BCUT2D eigenvalue weighted by Crippen LogP contribution is -2.36. The van der Waals surface area contributed by atoms with E-state index in [0.717, 1.165) is 42.0 Å². The summed E-state index contributed by atoms with van der Waals surface area (Å²) in [6, 6.07) is 13.3. The maximum atomic E-state index is 12.9. The predicted octanol–water partition coefficient (Wildman–Crippen LogP) is 4.01. The van der Waals surface area contributed by atoms with Crippen molar-refractivity contribution in [1.29, 1.82) is 0 Å². The molecule has 4 heterocycles. The first-order valence-electron chi connectivity index (χ1n) is 12.2. The van der Waals surface area contributed by atoms with E-state index in [9.17, 15) is 9.59 Å². The molecule has 2 fully saturated rings. The highest BCUT2D eigenvalue weighted by Crippen LogP contribution is 2.26. The molecule has 2 aliphatic heterocycles. The first kappa shape index (κ1) is 23.7. The summed E-state index contributed by atoms with van der Waals surface area (Å²) in [5.41, 5.74) is 4.08. The maximum absolute atomic E-state index is 12.9. The average molecular weight is 487 g/mol. The van der Waals surface area contributed by atoms with Gasteiger partial charge in [0.25, 0.3) is 5.91 Å². The van der Waals surface area contributed by atoms with Crippen molar-refractivity contribution in [2.24, 2.45) is 0 Å². The van der Waals surface area contributed by atoms with E-state index in [-0.39, 0.29) is 18.0 Å². The molecule has 3 aromatic rings. The average Bonchev–Trinajstić information content (AvgIpc) is 3.54. The van der Waals surface area contributed by atoms with Gasteiger partial charge in [-0.05, 0) is 48.7 Å². The summed E-state index contributed by atoms with van der Waals surface area (Å²) in [5.74, 6) is 0.645. The first-order valence-corrected chi connectivity index (χ1v) is 12.2. The van der Waals surface area contributed by atoms with Gasteiger partial charge in [0, 0.05) is 57.7 Å². The van der Waals surface area contributed by atoms with Gasteiger partial charge in [-0.25, -0.2) is 9.78 Å². The van der Waals surface area contributed by atoms with E-state index in [1.54, 1.807) is 42.5 Å². The van der Waals surface area contributed by atoms with Gasteiger partial charge in [0.05, 0.1) is 29.9 Å². The van der Waals surface area contributed by atoms with Crippen LogP contribution in [-0.2, 0) is 4.74 Å². The molecule has 5 rings (SSSR count). The van der Waals surface area contributed by atoms with Crippen molar-refractivity contribution in [2.75, 3.05) is 50.6 Å². The molecule has 2 aromatic heterocycles. The Morgan fingerprint density at radius 3 is 2.58 bits per heavy atom. The standard InChI is InChI=1S/C27H30N6O3/c1-31(2)26(34)20-7-5-19(6-8-20)21-9-10-25(29-15-21)30-22-14-23(17-28-16-22)33-12-11-32(27(33)35)18-24-4-3-13-36-24/h5-10,14-17,24H,3-4,11-13,18H2,1-2H3,(H,29,30)/t24-/m0/s1. The monoisotopic (exact) mass is 486 g/mol. The van der Waals surface area contributed by atoms with Crippen LogP contribution in [0.4, 0.5) is 22.0 Å². The van der Waals surface area contributed by atoms with Crippen LogP contribution in [0.5, 0.6) is 0 Å². The van der Waals surface area contributed by atoms with Crippen LogP contribution >= 0.6 is 0 Å². The van der Waals surface area contributed by atoms with Crippen LogP contribution in [0.2, 0.25) is 0 Å². The Labute approximate surface area is 210 Å². The topological polar surface area (TPSA) is 90.9 Å². The molecule has 2 saturated heterocycles. The maximum Gasteiger partial charge on any atom is 0.324 e. The fourth-order valence-electron chi connectivity index (χ4n) is 4.52. The van der Waals surface area contributed by atoms with Gasteiger partial charge in [-0.1, -0.05) is 12.1 Å². The Morgan fingerprint density at radius 2 is 1.89 bits per heavy atom. The highest BCUT2D eigenvalue weighted by atomic mass is 16.5. The Balaban J connectivity index is 1.23.